The van der Waals surface area contributed by atoms with Crippen molar-refractivity contribution < 1.29 is 29.6 Å². The average molecular weight is 618 g/mol. The number of allylic oxidation sites excluding steroid dienone is 1. The third kappa shape index (κ3) is 3.39. The van der Waals surface area contributed by atoms with Gasteiger partial charge in [-0.3, -0.25) is 4.79 Å². The van der Waals surface area contributed by atoms with Crippen molar-refractivity contribution in [3.8, 4) is 11.3 Å². The summed E-state index contributed by atoms with van der Waals surface area (Å²) >= 11 is 0. The number of Topliss-reactive ketones (excluding diaryl/α,β-unsaturated/α-hetero) is 1. The molecule has 11 atom stereocenters. The van der Waals surface area contributed by atoms with E-state index in [9.17, 15) is 20.1 Å². The average Bonchev–Trinajstić information content (AvgIpc) is 3.43. The largest absolute Gasteiger partial charge is 0.390 e. The quantitative estimate of drug-likeness (QED) is 0.340. The summed E-state index contributed by atoms with van der Waals surface area (Å²) in [6, 6.07) is 7.92. The SMILES string of the molecule is C=C1C2C(=O)[C@]34[C@H]2[C@H]1CC[C@H]3[C@@]12CO[C@]4(OC(C)(C)O)[C@@H](O)[C@@H]1C(C)(C)C[C@H](n1cc(-c3ccc(C(C)(C)C)cc3)nn1)[C@H]2O. The summed E-state index contributed by atoms with van der Waals surface area (Å²) in [5.41, 5.74) is 1.31. The summed E-state index contributed by atoms with van der Waals surface area (Å²) in [5.74, 6) is -4.34. The molecule has 7 aliphatic rings. The Balaban J connectivity index is 1.23. The lowest BCUT2D eigenvalue weighted by atomic mass is 9.23. The Bertz CT molecular complexity index is 1600. The highest BCUT2D eigenvalue weighted by Crippen LogP contribution is 2.84. The van der Waals surface area contributed by atoms with Gasteiger partial charge in [0.15, 0.2) is 11.6 Å². The number of aliphatic hydroxyl groups excluding tert-OH is 2. The van der Waals surface area contributed by atoms with Gasteiger partial charge in [0.05, 0.1) is 30.4 Å². The molecule has 7 fully saturated rings. The second-order valence-corrected chi connectivity index (χ2v) is 17.2. The fraction of sp³-hybridized carbons (Fsp3) is 0.694. The smallest absolute Gasteiger partial charge is 0.211 e. The van der Waals surface area contributed by atoms with Crippen LogP contribution in [0.25, 0.3) is 11.3 Å². The lowest BCUT2D eigenvalue weighted by Gasteiger charge is -2.84. The van der Waals surface area contributed by atoms with Crippen LogP contribution in [-0.4, -0.2) is 66.5 Å². The molecule has 45 heavy (non-hydrogen) atoms. The maximum Gasteiger partial charge on any atom is 0.211 e. The number of nitrogens with zero attached hydrogens (tertiary/aromatic N) is 3. The zero-order chi connectivity index (χ0) is 32.3. The number of fused-ring (bicyclic) bond motifs is 1. The number of benzene rings is 1. The maximum absolute atomic E-state index is 14.4. The van der Waals surface area contributed by atoms with Gasteiger partial charge in [-0.1, -0.05) is 76.2 Å². The molecule has 242 valence electrons. The normalized spacial score (nSPS) is 44.4. The highest BCUT2D eigenvalue weighted by molar-refractivity contribution is 6.01. The zero-order valence-electron chi connectivity index (χ0n) is 27.4. The number of aliphatic hydroxyl groups is 3. The molecule has 5 saturated carbocycles. The van der Waals surface area contributed by atoms with Gasteiger partial charge in [-0.15, -0.1) is 5.10 Å². The minimum absolute atomic E-state index is 0.0202. The van der Waals surface area contributed by atoms with Crippen LogP contribution in [0.1, 0.15) is 79.3 Å². The highest BCUT2D eigenvalue weighted by atomic mass is 16.8. The fourth-order valence-corrected chi connectivity index (χ4v) is 11.6. The lowest BCUT2D eigenvalue weighted by molar-refractivity contribution is -0.510. The Labute approximate surface area is 265 Å². The van der Waals surface area contributed by atoms with Crippen molar-refractivity contribution in [3.05, 3.63) is 48.2 Å². The van der Waals surface area contributed by atoms with Gasteiger partial charge >= 0.3 is 0 Å². The molecule has 2 aliphatic heterocycles. The molecule has 2 aromatic rings. The van der Waals surface area contributed by atoms with Crippen molar-refractivity contribution in [3.63, 3.8) is 0 Å². The van der Waals surface area contributed by atoms with E-state index in [1.807, 2.05) is 6.20 Å². The van der Waals surface area contributed by atoms with Crippen molar-refractivity contribution in [2.75, 3.05) is 6.61 Å². The van der Waals surface area contributed by atoms with Crippen LogP contribution in [0.15, 0.2) is 42.6 Å². The van der Waals surface area contributed by atoms with Crippen LogP contribution in [0, 0.1) is 45.8 Å². The van der Waals surface area contributed by atoms with E-state index in [0.717, 1.165) is 23.3 Å². The highest BCUT2D eigenvalue weighted by Gasteiger charge is 2.93. The molecule has 1 aromatic carbocycles. The van der Waals surface area contributed by atoms with Crippen LogP contribution in [0.4, 0.5) is 0 Å². The van der Waals surface area contributed by atoms with Crippen LogP contribution in [-0.2, 0) is 19.7 Å². The summed E-state index contributed by atoms with van der Waals surface area (Å²) in [5, 5.41) is 45.3. The predicted molar refractivity (Wildman–Crippen MR) is 165 cm³/mol. The van der Waals surface area contributed by atoms with E-state index in [0.29, 0.717) is 12.8 Å². The standard InChI is InChI=1S/C36H47N3O6/c1-18-21-13-14-24-34-17-44-36(45-33(7,8)43,35(24)26(21)25(18)29(35)41)30(42)27(34)32(5,6)15-23(28(34)40)39-16-22(37-38-39)19-9-11-20(12-10-19)31(2,3)4/h9-12,16,21,23-28,30,40,42-43H,1,13-15,17H2,2-8H3/t21-,23-,24-,25?,26-,27+,28+,30-,34-,35+,36-/m0/s1. The number of carbonyl (C=O) groups excluding carboxylic acids is 1. The molecular formula is C36H47N3O6. The molecule has 3 N–H and O–H groups in total. The molecule has 5 aliphatic carbocycles. The van der Waals surface area contributed by atoms with E-state index in [1.54, 1.807) is 4.68 Å². The number of ether oxygens (including phenoxy) is 2. The molecular weight excluding hydrogens is 570 g/mol. The van der Waals surface area contributed by atoms with Gasteiger partial charge in [0.2, 0.25) is 5.79 Å². The van der Waals surface area contributed by atoms with E-state index in [2.05, 4.69) is 75.8 Å². The van der Waals surface area contributed by atoms with E-state index >= 15 is 0 Å². The van der Waals surface area contributed by atoms with Gasteiger partial charge in [-0.25, -0.2) is 4.68 Å². The van der Waals surface area contributed by atoms with Gasteiger partial charge < -0.3 is 24.8 Å². The molecule has 1 aromatic heterocycles. The summed E-state index contributed by atoms with van der Waals surface area (Å²) in [6.45, 7) is 18.2. The van der Waals surface area contributed by atoms with Crippen molar-refractivity contribution in [1.29, 1.82) is 0 Å². The van der Waals surface area contributed by atoms with E-state index in [4.69, 9.17) is 9.47 Å². The molecule has 0 radical (unpaired) electrons. The number of carbonyl (C=O) groups is 1. The Morgan fingerprint density at radius 3 is 2.40 bits per heavy atom. The van der Waals surface area contributed by atoms with Crippen molar-refractivity contribution >= 4 is 5.78 Å². The molecule has 2 spiro atoms. The third-order valence-corrected chi connectivity index (χ3v) is 13.0. The number of aromatic nitrogens is 3. The summed E-state index contributed by atoms with van der Waals surface area (Å²) in [4.78, 5) is 14.4. The minimum atomic E-state index is -1.70. The number of rotatable bonds is 4. The van der Waals surface area contributed by atoms with E-state index < -0.39 is 52.0 Å². The predicted octanol–water partition coefficient (Wildman–Crippen LogP) is 4.42. The number of hydrogen-bond donors (Lipinski definition) is 3. The lowest BCUT2D eigenvalue weighted by Crippen LogP contribution is -2.93. The van der Waals surface area contributed by atoms with Crippen LogP contribution in [0.2, 0.25) is 0 Å². The Morgan fingerprint density at radius 2 is 1.76 bits per heavy atom. The van der Waals surface area contributed by atoms with Crippen molar-refractivity contribution in [2.45, 2.75) is 103 Å². The van der Waals surface area contributed by atoms with Gasteiger partial charge in [0.25, 0.3) is 0 Å². The Kier molecular flexibility index (Phi) is 5.80. The second-order valence-electron chi connectivity index (χ2n) is 17.2. The van der Waals surface area contributed by atoms with E-state index in [1.165, 1.54) is 19.4 Å². The molecule has 9 heteroatoms. The minimum Gasteiger partial charge on any atom is -0.390 e. The Morgan fingerprint density at radius 1 is 1.07 bits per heavy atom. The molecule has 2 saturated heterocycles. The van der Waals surface area contributed by atoms with Crippen LogP contribution in [0.5, 0.6) is 0 Å². The zero-order valence-corrected chi connectivity index (χ0v) is 27.4. The van der Waals surface area contributed by atoms with Gasteiger partial charge in [-0.05, 0) is 67.3 Å². The van der Waals surface area contributed by atoms with Crippen LogP contribution < -0.4 is 0 Å². The monoisotopic (exact) mass is 617 g/mol. The molecule has 9 nitrogen and oxygen atoms in total. The van der Waals surface area contributed by atoms with Gasteiger partial charge in [0, 0.05) is 22.8 Å². The Hall–Kier alpha value is -2.43. The van der Waals surface area contributed by atoms with Crippen LogP contribution >= 0.6 is 0 Å². The first-order valence-electron chi connectivity index (χ1n) is 16.6. The second kappa shape index (κ2) is 8.72. The molecule has 0 amide bonds. The summed E-state index contributed by atoms with van der Waals surface area (Å²) in [6.07, 6.45) is 1.80. The van der Waals surface area contributed by atoms with E-state index in [-0.39, 0.29) is 41.5 Å². The third-order valence-electron chi connectivity index (χ3n) is 13.0. The fourth-order valence-electron chi connectivity index (χ4n) is 11.6. The molecule has 9 rings (SSSR count). The maximum atomic E-state index is 14.4. The van der Waals surface area contributed by atoms with Crippen molar-refractivity contribution in [1.82, 2.24) is 15.0 Å². The van der Waals surface area contributed by atoms with Crippen LogP contribution in [0.3, 0.4) is 0 Å². The first-order valence-corrected chi connectivity index (χ1v) is 16.6. The molecule has 2 bridgehead atoms. The first kappa shape index (κ1) is 29.9. The summed E-state index contributed by atoms with van der Waals surface area (Å²) in [7, 11) is 0. The molecule has 1 unspecified atom stereocenters. The molecule has 3 heterocycles. The van der Waals surface area contributed by atoms with Crippen molar-refractivity contribution in [2.24, 2.45) is 45.8 Å². The topological polar surface area (TPSA) is 127 Å². The van der Waals surface area contributed by atoms with Gasteiger partial charge in [0.1, 0.15) is 11.8 Å². The summed E-state index contributed by atoms with van der Waals surface area (Å²) < 4.78 is 14.9. The number of ketones is 1. The van der Waals surface area contributed by atoms with Gasteiger partial charge in [-0.2, -0.15) is 0 Å². The number of hydrogen-bond acceptors (Lipinski definition) is 8. The first-order chi connectivity index (χ1) is 20.9.